The highest BCUT2D eigenvalue weighted by Crippen LogP contribution is 2.44. The zero-order valence-corrected chi connectivity index (χ0v) is 19.3. The van der Waals surface area contributed by atoms with Gasteiger partial charge in [0.2, 0.25) is 0 Å². The maximum absolute atomic E-state index is 14.6. The first kappa shape index (κ1) is 22.7. The number of ether oxygens (including phenoxy) is 2. The highest BCUT2D eigenvalue weighted by molar-refractivity contribution is 7.18. The molecule has 0 aliphatic carbocycles. The van der Waals surface area contributed by atoms with Gasteiger partial charge in [-0.3, -0.25) is 0 Å². The highest BCUT2D eigenvalue weighted by atomic mass is 35.5. The molecule has 0 amide bonds. The third-order valence-electron chi connectivity index (χ3n) is 4.56. The lowest BCUT2D eigenvalue weighted by molar-refractivity contribution is -0.164. The Labute approximate surface area is 185 Å². The van der Waals surface area contributed by atoms with Crippen LogP contribution in [0.2, 0.25) is 5.02 Å². The molecule has 2 heterocycles. The van der Waals surface area contributed by atoms with Crippen LogP contribution in [0.3, 0.4) is 0 Å². The number of hydrogen-bond acceptors (Lipinski definition) is 5. The van der Waals surface area contributed by atoms with E-state index in [0.717, 1.165) is 15.1 Å². The SMILES string of the molecule is [B]c1ccc(-c2c([C@H](OC(C)(C)C)C(=O)OC)c(C)nc3sc(C)cc23)c(Cl)c1F. The molecule has 2 aromatic heterocycles. The zero-order valence-electron chi connectivity index (χ0n) is 17.7. The number of carbonyl (C=O) groups excluding carboxylic acids is 1. The first-order valence-electron chi connectivity index (χ1n) is 9.34. The smallest absolute Gasteiger partial charge is 0.339 e. The van der Waals surface area contributed by atoms with Gasteiger partial charge in [-0.25, -0.2) is 14.2 Å². The Bertz CT molecular complexity index is 1140. The monoisotopic (exact) mass is 445 g/mol. The third kappa shape index (κ3) is 4.24. The van der Waals surface area contributed by atoms with Gasteiger partial charge < -0.3 is 9.47 Å². The summed E-state index contributed by atoms with van der Waals surface area (Å²) in [5, 5.41) is 0.641. The summed E-state index contributed by atoms with van der Waals surface area (Å²) < 4.78 is 25.7. The van der Waals surface area contributed by atoms with E-state index in [9.17, 15) is 9.18 Å². The summed E-state index contributed by atoms with van der Waals surface area (Å²) in [5.41, 5.74) is 1.37. The van der Waals surface area contributed by atoms with Crippen molar-refractivity contribution in [3.63, 3.8) is 0 Å². The Morgan fingerprint density at radius 1 is 1.30 bits per heavy atom. The van der Waals surface area contributed by atoms with Gasteiger partial charge >= 0.3 is 5.97 Å². The second kappa shape index (κ2) is 8.29. The van der Waals surface area contributed by atoms with E-state index in [2.05, 4.69) is 4.98 Å². The molecule has 0 spiro atoms. The molecule has 0 aliphatic rings. The third-order valence-corrected chi connectivity index (χ3v) is 5.88. The van der Waals surface area contributed by atoms with Crippen molar-refractivity contribution in [1.29, 1.82) is 0 Å². The number of hydrogen-bond donors (Lipinski definition) is 0. The van der Waals surface area contributed by atoms with Gasteiger partial charge in [0, 0.05) is 32.6 Å². The summed E-state index contributed by atoms with van der Waals surface area (Å²) in [5.74, 6) is -1.28. The largest absolute Gasteiger partial charge is 0.467 e. The van der Waals surface area contributed by atoms with E-state index in [1.807, 2.05) is 33.8 Å². The van der Waals surface area contributed by atoms with Gasteiger partial charge in [0.1, 0.15) is 18.5 Å². The van der Waals surface area contributed by atoms with Crippen LogP contribution in [0.1, 0.15) is 43.0 Å². The van der Waals surface area contributed by atoms with Gasteiger partial charge in [-0.1, -0.05) is 29.2 Å². The molecule has 156 valence electrons. The number of pyridine rings is 1. The molecule has 0 N–H and O–H groups in total. The quantitative estimate of drug-likeness (QED) is 0.409. The Balaban J connectivity index is 2.45. The predicted octanol–water partition coefficient (Wildman–Crippen LogP) is 5.20. The molecule has 0 aliphatic heterocycles. The number of esters is 1. The number of benzene rings is 1. The Hall–Kier alpha value is -1.96. The molecule has 0 saturated carbocycles. The van der Waals surface area contributed by atoms with Crippen LogP contribution in [0.4, 0.5) is 4.39 Å². The molecule has 1 aromatic carbocycles. The molecular formula is C22H22BClFNO3S. The first-order chi connectivity index (χ1) is 13.9. The lowest BCUT2D eigenvalue weighted by Gasteiger charge is -2.28. The maximum atomic E-state index is 14.6. The van der Waals surface area contributed by atoms with Crippen LogP contribution in [-0.4, -0.2) is 31.5 Å². The number of carbonyl (C=O) groups is 1. The molecule has 0 saturated heterocycles. The molecule has 8 heteroatoms. The lowest BCUT2D eigenvalue weighted by atomic mass is 9.88. The molecule has 3 aromatic rings. The molecule has 1 atom stereocenters. The summed E-state index contributed by atoms with van der Waals surface area (Å²) >= 11 is 7.89. The van der Waals surface area contributed by atoms with E-state index in [-0.39, 0.29) is 10.5 Å². The van der Waals surface area contributed by atoms with Gasteiger partial charge in [-0.2, -0.15) is 0 Å². The minimum absolute atomic E-state index is 0.0516. The Morgan fingerprint density at radius 2 is 1.97 bits per heavy atom. The second-order valence-corrected chi connectivity index (χ2v) is 9.64. The number of methoxy groups -OCH3 is 1. The fourth-order valence-corrected chi connectivity index (χ4v) is 4.56. The van der Waals surface area contributed by atoms with Crippen molar-refractivity contribution >= 4 is 52.4 Å². The van der Waals surface area contributed by atoms with Crippen molar-refractivity contribution in [3.05, 3.63) is 45.2 Å². The topological polar surface area (TPSA) is 48.4 Å². The van der Waals surface area contributed by atoms with Gasteiger partial charge in [0.25, 0.3) is 0 Å². The highest BCUT2D eigenvalue weighted by Gasteiger charge is 2.34. The van der Waals surface area contributed by atoms with Crippen LogP contribution in [0.5, 0.6) is 0 Å². The molecule has 0 unspecified atom stereocenters. The number of halogens is 2. The number of nitrogens with zero attached hydrogens (tertiary/aromatic N) is 1. The van der Waals surface area contributed by atoms with Crippen LogP contribution in [0.25, 0.3) is 21.3 Å². The van der Waals surface area contributed by atoms with Gasteiger partial charge in [0.15, 0.2) is 6.10 Å². The number of aromatic nitrogens is 1. The molecule has 0 bridgehead atoms. The summed E-state index contributed by atoms with van der Waals surface area (Å²) in [6.45, 7) is 9.27. The summed E-state index contributed by atoms with van der Waals surface area (Å²) in [4.78, 5) is 19.2. The Morgan fingerprint density at radius 3 is 2.57 bits per heavy atom. The van der Waals surface area contributed by atoms with Crippen LogP contribution in [0, 0.1) is 19.7 Å². The van der Waals surface area contributed by atoms with Crippen LogP contribution < -0.4 is 5.46 Å². The van der Waals surface area contributed by atoms with Crippen molar-refractivity contribution in [3.8, 4) is 11.1 Å². The van der Waals surface area contributed by atoms with Crippen molar-refractivity contribution in [2.24, 2.45) is 0 Å². The minimum Gasteiger partial charge on any atom is -0.467 e. The standard InChI is InChI=1S/C22H22BClFNO3S/c1-10-9-13-16(12-7-8-14(23)18(25)17(12)24)15(11(2)26-20(13)30-10)19(21(27)28-6)29-22(3,4)5/h7-9,19H,1-6H3/t19-/m0/s1. The number of rotatable bonds is 4. The molecular weight excluding hydrogens is 424 g/mol. The van der Waals surface area contributed by atoms with Crippen LogP contribution >= 0.6 is 22.9 Å². The van der Waals surface area contributed by atoms with Gasteiger partial charge in [-0.15, -0.1) is 11.3 Å². The second-order valence-electron chi connectivity index (χ2n) is 8.03. The fraction of sp³-hybridized carbons (Fsp3) is 0.364. The average molecular weight is 446 g/mol. The summed E-state index contributed by atoms with van der Waals surface area (Å²) in [6.07, 6.45) is -1.07. The number of fused-ring (bicyclic) bond motifs is 1. The fourth-order valence-electron chi connectivity index (χ4n) is 3.36. The van der Waals surface area contributed by atoms with Crippen molar-refractivity contribution < 1.29 is 18.7 Å². The zero-order chi connectivity index (χ0) is 22.4. The van der Waals surface area contributed by atoms with E-state index in [4.69, 9.17) is 28.9 Å². The lowest BCUT2D eigenvalue weighted by Crippen LogP contribution is -2.29. The van der Waals surface area contributed by atoms with E-state index in [1.165, 1.54) is 24.5 Å². The number of thiophene rings is 1. The normalized spacial score (nSPS) is 12.9. The van der Waals surface area contributed by atoms with Gasteiger partial charge in [0.05, 0.1) is 17.7 Å². The minimum atomic E-state index is -1.07. The molecule has 30 heavy (non-hydrogen) atoms. The van der Waals surface area contributed by atoms with E-state index in [0.29, 0.717) is 22.4 Å². The average Bonchev–Trinajstić information content (AvgIpc) is 3.02. The summed E-state index contributed by atoms with van der Waals surface area (Å²) in [6, 6.07) is 5.05. The molecule has 0 fully saturated rings. The maximum Gasteiger partial charge on any atom is 0.339 e. The van der Waals surface area contributed by atoms with Crippen molar-refractivity contribution in [1.82, 2.24) is 4.98 Å². The van der Waals surface area contributed by atoms with E-state index < -0.39 is 23.5 Å². The number of aryl methyl sites for hydroxylation is 2. The van der Waals surface area contributed by atoms with Gasteiger partial charge in [-0.05, 0) is 40.7 Å². The van der Waals surface area contributed by atoms with Crippen LogP contribution in [-0.2, 0) is 14.3 Å². The first-order valence-corrected chi connectivity index (χ1v) is 10.5. The van der Waals surface area contributed by atoms with E-state index >= 15 is 0 Å². The molecule has 2 radical (unpaired) electrons. The molecule has 4 nitrogen and oxygen atoms in total. The van der Waals surface area contributed by atoms with Crippen molar-refractivity contribution in [2.45, 2.75) is 46.3 Å². The van der Waals surface area contributed by atoms with Crippen LogP contribution in [0.15, 0.2) is 18.2 Å². The Kier molecular flexibility index (Phi) is 6.28. The molecule has 3 rings (SSSR count). The van der Waals surface area contributed by atoms with E-state index in [1.54, 1.807) is 13.0 Å². The summed E-state index contributed by atoms with van der Waals surface area (Å²) in [7, 11) is 7.00. The van der Waals surface area contributed by atoms with Crippen molar-refractivity contribution in [2.75, 3.05) is 7.11 Å². The predicted molar refractivity (Wildman–Crippen MR) is 120 cm³/mol.